The van der Waals surface area contributed by atoms with Gasteiger partial charge in [0.25, 0.3) is 10.0 Å². The molecular weight excluding hydrogens is 425 g/mol. The Bertz CT molecular complexity index is 1060. The van der Waals surface area contributed by atoms with Crippen LogP contribution in [-0.2, 0) is 19.6 Å². The number of esters is 1. The molecule has 0 radical (unpaired) electrons. The van der Waals surface area contributed by atoms with Crippen molar-refractivity contribution in [1.82, 2.24) is 0 Å². The quantitative estimate of drug-likeness (QED) is 0.380. The maximum absolute atomic E-state index is 12.7. The monoisotopic (exact) mass is 439 g/mol. The van der Waals surface area contributed by atoms with Crippen LogP contribution in [0.2, 0.25) is 10.0 Å². The number of nitrogens with zero attached hydrogens (tertiary/aromatic N) is 1. The van der Waals surface area contributed by atoms with Gasteiger partial charge in [-0.3, -0.25) is 4.72 Å². The first kappa shape index (κ1) is 21.6. The van der Waals surface area contributed by atoms with Crippen LogP contribution in [0.3, 0.4) is 0 Å². The van der Waals surface area contributed by atoms with Crippen LogP contribution in [0.4, 0.5) is 11.4 Å². The first-order valence-corrected chi connectivity index (χ1v) is 10.1. The number of rotatable bonds is 7. The highest BCUT2D eigenvalue weighted by Crippen LogP contribution is 2.29. The minimum Gasteiger partial charge on any atom is -0.462 e. The molecule has 2 rings (SSSR count). The molecule has 0 amide bonds. The standard InChI is InChI=1S/C18H15Cl2N3O4S/c1-2-27-18(24)12(10-21)11-22-15-5-3-4-6-16(15)23-28(25,26)17-9-13(19)7-8-14(17)20/h3-9,11,22-23H,2H2,1H3/b12-11+. The van der Waals surface area contributed by atoms with Crippen molar-refractivity contribution in [3.8, 4) is 6.07 Å². The van der Waals surface area contributed by atoms with Crippen molar-refractivity contribution in [2.24, 2.45) is 0 Å². The number of sulfonamides is 1. The predicted octanol–water partition coefficient (Wildman–Crippen LogP) is 4.18. The van der Waals surface area contributed by atoms with Gasteiger partial charge in [-0.15, -0.1) is 0 Å². The lowest BCUT2D eigenvalue weighted by Crippen LogP contribution is -2.15. The van der Waals surface area contributed by atoms with E-state index in [-0.39, 0.29) is 32.8 Å². The summed E-state index contributed by atoms with van der Waals surface area (Å²) in [7, 11) is -4.04. The number of ether oxygens (including phenoxy) is 1. The summed E-state index contributed by atoms with van der Waals surface area (Å²) in [6, 6.07) is 12.1. The number of carbonyl (C=O) groups is 1. The van der Waals surface area contributed by atoms with Gasteiger partial charge in [-0.25, -0.2) is 13.2 Å². The van der Waals surface area contributed by atoms with Crippen molar-refractivity contribution < 1.29 is 17.9 Å². The third kappa shape index (κ3) is 5.39. The van der Waals surface area contributed by atoms with E-state index in [1.807, 2.05) is 0 Å². The Labute approximate surface area is 172 Å². The molecule has 0 aliphatic heterocycles. The number of benzene rings is 2. The third-order valence-electron chi connectivity index (χ3n) is 3.34. The summed E-state index contributed by atoms with van der Waals surface area (Å²) >= 11 is 11.9. The highest BCUT2D eigenvalue weighted by atomic mass is 35.5. The molecule has 7 nitrogen and oxygen atoms in total. The van der Waals surface area contributed by atoms with E-state index in [9.17, 15) is 13.2 Å². The molecule has 28 heavy (non-hydrogen) atoms. The van der Waals surface area contributed by atoms with Crippen molar-refractivity contribution in [1.29, 1.82) is 5.26 Å². The lowest BCUT2D eigenvalue weighted by Gasteiger charge is -2.13. The van der Waals surface area contributed by atoms with Gasteiger partial charge >= 0.3 is 5.97 Å². The predicted molar refractivity (Wildman–Crippen MR) is 108 cm³/mol. The summed E-state index contributed by atoms with van der Waals surface area (Å²) < 4.78 is 32.6. The lowest BCUT2D eigenvalue weighted by molar-refractivity contribution is -0.138. The van der Waals surface area contributed by atoms with Gasteiger partial charge in [-0.1, -0.05) is 35.3 Å². The van der Waals surface area contributed by atoms with Crippen LogP contribution < -0.4 is 10.0 Å². The van der Waals surface area contributed by atoms with Crippen molar-refractivity contribution in [2.45, 2.75) is 11.8 Å². The average Bonchev–Trinajstić information content (AvgIpc) is 2.65. The maximum atomic E-state index is 12.7. The van der Waals surface area contributed by atoms with Gasteiger partial charge in [0.1, 0.15) is 11.0 Å². The van der Waals surface area contributed by atoms with Gasteiger partial charge in [-0.2, -0.15) is 5.26 Å². The molecule has 2 N–H and O–H groups in total. The molecule has 0 atom stereocenters. The van der Waals surface area contributed by atoms with Gasteiger partial charge in [0.05, 0.1) is 23.0 Å². The molecule has 2 aromatic rings. The normalized spacial score (nSPS) is 11.4. The summed E-state index contributed by atoms with van der Waals surface area (Å²) in [6.07, 6.45) is 1.14. The van der Waals surface area contributed by atoms with E-state index in [0.29, 0.717) is 5.69 Å². The van der Waals surface area contributed by atoms with Crippen molar-refractivity contribution in [3.05, 3.63) is 64.3 Å². The van der Waals surface area contributed by atoms with E-state index >= 15 is 0 Å². The Kier molecular flexibility index (Phi) is 7.29. The second-order valence-corrected chi connectivity index (χ2v) is 7.75. The smallest absolute Gasteiger partial charge is 0.350 e. The molecule has 0 saturated heterocycles. The zero-order valence-corrected chi connectivity index (χ0v) is 16.9. The lowest BCUT2D eigenvalue weighted by atomic mass is 10.2. The number of hydrogen-bond acceptors (Lipinski definition) is 6. The summed E-state index contributed by atoms with van der Waals surface area (Å²) in [5, 5.41) is 12.0. The van der Waals surface area contributed by atoms with E-state index in [2.05, 4.69) is 10.0 Å². The van der Waals surface area contributed by atoms with Crippen LogP contribution in [0.25, 0.3) is 0 Å². The van der Waals surface area contributed by atoms with E-state index in [0.717, 1.165) is 6.20 Å². The fraction of sp³-hybridized carbons (Fsp3) is 0.111. The molecular formula is C18H15Cl2N3O4S. The summed E-state index contributed by atoms with van der Waals surface area (Å²) in [4.78, 5) is 11.5. The molecule has 146 valence electrons. The van der Waals surface area contributed by atoms with Gasteiger partial charge in [-0.05, 0) is 37.3 Å². The minimum atomic E-state index is -4.04. The Morgan fingerprint density at radius 1 is 1.21 bits per heavy atom. The highest BCUT2D eigenvalue weighted by Gasteiger charge is 2.20. The Morgan fingerprint density at radius 3 is 2.54 bits per heavy atom. The van der Waals surface area contributed by atoms with Crippen molar-refractivity contribution in [3.63, 3.8) is 0 Å². The van der Waals surface area contributed by atoms with Gasteiger partial charge < -0.3 is 10.1 Å². The Balaban J connectivity index is 2.33. The van der Waals surface area contributed by atoms with Gasteiger partial charge in [0.15, 0.2) is 5.57 Å². The van der Waals surface area contributed by atoms with Crippen LogP contribution in [0.1, 0.15) is 6.92 Å². The van der Waals surface area contributed by atoms with E-state index < -0.39 is 16.0 Å². The largest absolute Gasteiger partial charge is 0.462 e. The summed E-state index contributed by atoms with van der Waals surface area (Å²) in [5.74, 6) is -0.790. The minimum absolute atomic E-state index is 0.0105. The molecule has 0 bridgehead atoms. The van der Waals surface area contributed by atoms with Gasteiger partial charge in [0, 0.05) is 11.2 Å². The van der Waals surface area contributed by atoms with Crippen molar-refractivity contribution >= 4 is 50.6 Å². The van der Waals surface area contributed by atoms with Crippen molar-refractivity contribution in [2.75, 3.05) is 16.6 Å². The topological polar surface area (TPSA) is 108 Å². The molecule has 0 aliphatic carbocycles. The molecule has 0 spiro atoms. The number of carbonyl (C=O) groups excluding carboxylic acids is 1. The number of para-hydroxylation sites is 2. The highest BCUT2D eigenvalue weighted by molar-refractivity contribution is 7.92. The number of nitriles is 1. The average molecular weight is 440 g/mol. The Morgan fingerprint density at radius 2 is 1.89 bits per heavy atom. The summed E-state index contributed by atoms with van der Waals surface area (Å²) in [5.41, 5.74) is 0.217. The fourth-order valence-corrected chi connectivity index (χ4v) is 3.92. The van der Waals surface area contributed by atoms with E-state index in [1.54, 1.807) is 31.2 Å². The van der Waals surface area contributed by atoms with E-state index in [1.165, 1.54) is 24.3 Å². The molecule has 0 heterocycles. The number of anilines is 2. The van der Waals surface area contributed by atoms with Crippen LogP contribution >= 0.6 is 23.2 Å². The van der Waals surface area contributed by atoms with Crippen LogP contribution in [0.5, 0.6) is 0 Å². The zero-order chi connectivity index (χ0) is 20.7. The molecule has 0 aliphatic rings. The first-order valence-electron chi connectivity index (χ1n) is 7.89. The maximum Gasteiger partial charge on any atom is 0.350 e. The molecule has 10 heteroatoms. The third-order valence-corrected chi connectivity index (χ3v) is 5.42. The molecule has 2 aromatic carbocycles. The first-order chi connectivity index (χ1) is 13.3. The SMILES string of the molecule is CCOC(=O)/C(C#N)=C/Nc1ccccc1NS(=O)(=O)c1cc(Cl)ccc1Cl. The van der Waals surface area contributed by atoms with Crippen LogP contribution in [0, 0.1) is 11.3 Å². The molecule has 0 unspecified atom stereocenters. The molecule has 0 aromatic heterocycles. The van der Waals surface area contributed by atoms with Crippen LogP contribution in [-0.4, -0.2) is 21.0 Å². The molecule has 0 fully saturated rings. The van der Waals surface area contributed by atoms with Crippen LogP contribution in [0.15, 0.2) is 59.1 Å². The number of hydrogen-bond donors (Lipinski definition) is 2. The number of halogens is 2. The summed E-state index contributed by atoms with van der Waals surface area (Å²) in [6.45, 7) is 1.74. The number of nitrogens with one attached hydrogen (secondary N) is 2. The van der Waals surface area contributed by atoms with E-state index in [4.69, 9.17) is 33.2 Å². The van der Waals surface area contributed by atoms with Gasteiger partial charge in [0.2, 0.25) is 0 Å². The molecule has 0 saturated carbocycles. The zero-order valence-electron chi connectivity index (χ0n) is 14.6. The second kappa shape index (κ2) is 9.46. The fourth-order valence-electron chi connectivity index (χ4n) is 2.08. The Hall–Kier alpha value is -2.73. The second-order valence-electron chi connectivity index (χ2n) is 5.26.